The lowest BCUT2D eigenvalue weighted by Crippen LogP contribution is -2.37. The Morgan fingerprint density at radius 1 is 1.14 bits per heavy atom. The van der Waals surface area contributed by atoms with Gasteiger partial charge in [0.2, 0.25) is 0 Å². The first-order chi connectivity index (χ1) is 17.0. The van der Waals surface area contributed by atoms with E-state index in [4.69, 9.17) is 13.2 Å². The molecule has 200 valence electrons. The topological polar surface area (TPSA) is 151 Å². The monoisotopic (exact) mass is 543 g/mol. The minimum absolute atomic E-state index is 0.0287. The fraction of sp³-hybridized carbons (Fsp3) is 0.636. The number of rotatable bonds is 11. The van der Waals surface area contributed by atoms with E-state index in [2.05, 4.69) is 20.9 Å². The van der Waals surface area contributed by atoms with Crippen molar-refractivity contribution in [3.8, 4) is 0 Å². The summed E-state index contributed by atoms with van der Waals surface area (Å²) in [4.78, 5) is 10.4. The summed E-state index contributed by atoms with van der Waals surface area (Å²) in [6.45, 7) is 2.10. The quantitative estimate of drug-likeness (QED) is 0.401. The Morgan fingerprint density at radius 3 is 2.53 bits per heavy atom. The van der Waals surface area contributed by atoms with Gasteiger partial charge in [0.1, 0.15) is 12.2 Å². The highest BCUT2D eigenvalue weighted by atomic mass is 32.2. The highest BCUT2D eigenvalue weighted by molar-refractivity contribution is 7.86. The minimum Gasteiger partial charge on any atom is -0.381 e. The number of hydrogen-bond acceptors (Lipinski definition) is 11. The zero-order chi connectivity index (χ0) is 26.0. The normalized spacial score (nSPS) is 21.5. The van der Waals surface area contributed by atoms with Gasteiger partial charge in [0.15, 0.2) is 5.65 Å². The summed E-state index contributed by atoms with van der Waals surface area (Å²) in [7, 11) is -7.46. The number of hydrogen-bond donors (Lipinski definition) is 2. The molecule has 2 aliphatic rings. The molecule has 12 nitrogen and oxygen atoms in total. The smallest absolute Gasteiger partial charge is 0.264 e. The van der Waals surface area contributed by atoms with Crippen LogP contribution in [0.4, 0.5) is 5.69 Å². The van der Waals surface area contributed by atoms with E-state index < -0.39 is 25.8 Å². The average Bonchev–Trinajstić information content (AvgIpc) is 3.42. The van der Waals surface area contributed by atoms with Gasteiger partial charge < -0.3 is 5.32 Å². The molecule has 0 saturated heterocycles. The highest BCUT2D eigenvalue weighted by Crippen LogP contribution is 2.37. The second-order valence-corrected chi connectivity index (χ2v) is 12.6. The van der Waals surface area contributed by atoms with Crippen LogP contribution in [0.2, 0.25) is 0 Å². The third-order valence-electron chi connectivity index (χ3n) is 6.32. The number of aryl methyl sites for hydroxylation is 1. The minimum atomic E-state index is -3.77. The molecule has 1 atom stereocenters. The van der Waals surface area contributed by atoms with Gasteiger partial charge >= 0.3 is 0 Å². The van der Waals surface area contributed by atoms with Gasteiger partial charge in [0.25, 0.3) is 20.2 Å². The summed E-state index contributed by atoms with van der Waals surface area (Å²) < 4.78 is 58.0. The van der Waals surface area contributed by atoms with Gasteiger partial charge in [-0.2, -0.15) is 21.9 Å². The molecule has 1 saturated carbocycles. The van der Waals surface area contributed by atoms with Crippen molar-refractivity contribution in [3.05, 3.63) is 24.0 Å². The largest absolute Gasteiger partial charge is 0.381 e. The van der Waals surface area contributed by atoms with Crippen LogP contribution in [0.1, 0.15) is 51.0 Å². The third-order valence-corrected chi connectivity index (χ3v) is 7.46. The molecule has 0 aromatic carbocycles. The molecule has 14 heteroatoms. The van der Waals surface area contributed by atoms with Crippen LogP contribution in [0.5, 0.6) is 0 Å². The SMILES string of the molecule is CCn1ncc2c(NC3CCCCC3)c(C3=CC(CCOS(C)(=O)=O)(COS(C)(=O)=O)ON3)cnc21. The summed E-state index contributed by atoms with van der Waals surface area (Å²) in [5, 5.41) is 9.03. The third kappa shape index (κ3) is 6.54. The summed E-state index contributed by atoms with van der Waals surface area (Å²) in [6, 6.07) is 0.303. The number of hydroxylamine groups is 1. The number of nitrogens with one attached hydrogen (secondary N) is 2. The highest BCUT2D eigenvalue weighted by Gasteiger charge is 2.38. The van der Waals surface area contributed by atoms with E-state index in [1.165, 1.54) is 6.42 Å². The van der Waals surface area contributed by atoms with Crippen LogP contribution in [-0.2, 0) is 40.0 Å². The lowest BCUT2D eigenvalue weighted by molar-refractivity contribution is -0.0679. The number of anilines is 1. The van der Waals surface area contributed by atoms with E-state index in [0.717, 1.165) is 60.5 Å². The molecular formula is C22H33N5O7S2. The summed E-state index contributed by atoms with van der Waals surface area (Å²) in [5.41, 5.74) is 4.51. The van der Waals surface area contributed by atoms with Gasteiger partial charge in [0.05, 0.1) is 42.1 Å². The maximum Gasteiger partial charge on any atom is 0.264 e. The first kappa shape index (κ1) is 26.8. The van der Waals surface area contributed by atoms with Crippen molar-refractivity contribution in [2.45, 2.75) is 63.6 Å². The fourth-order valence-corrected chi connectivity index (χ4v) is 5.32. The predicted molar refractivity (Wildman–Crippen MR) is 135 cm³/mol. The molecule has 3 heterocycles. The van der Waals surface area contributed by atoms with Crippen molar-refractivity contribution < 1.29 is 30.0 Å². The number of nitrogens with zero attached hydrogens (tertiary/aromatic N) is 3. The number of pyridine rings is 1. The maximum absolute atomic E-state index is 11.7. The van der Waals surface area contributed by atoms with E-state index in [-0.39, 0.29) is 19.6 Å². The van der Waals surface area contributed by atoms with E-state index in [1.807, 2.05) is 11.6 Å². The van der Waals surface area contributed by atoms with Crippen LogP contribution in [0, 0.1) is 0 Å². The van der Waals surface area contributed by atoms with Crippen LogP contribution in [-0.4, -0.2) is 69.0 Å². The molecule has 1 aliphatic heterocycles. The van der Waals surface area contributed by atoms with Crippen molar-refractivity contribution in [1.29, 1.82) is 0 Å². The second kappa shape index (κ2) is 10.6. The number of fused-ring (bicyclic) bond motifs is 1. The molecule has 4 rings (SSSR count). The van der Waals surface area contributed by atoms with Crippen LogP contribution in [0.25, 0.3) is 16.7 Å². The molecule has 1 unspecified atom stereocenters. The van der Waals surface area contributed by atoms with Crippen LogP contribution in [0.3, 0.4) is 0 Å². The van der Waals surface area contributed by atoms with Crippen LogP contribution in [0.15, 0.2) is 18.5 Å². The number of aromatic nitrogens is 3. The van der Waals surface area contributed by atoms with E-state index >= 15 is 0 Å². The molecular weight excluding hydrogens is 510 g/mol. The Kier molecular flexibility index (Phi) is 7.90. The first-order valence-corrected chi connectivity index (χ1v) is 15.6. The molecule has 0 amide bonds. The van der Waals surface area contributed by atoms with Crippen molar-refractivity contribution in [2.75, 3.05) is 31.0 Å². The Balaban J connectivity index is 1.71. The van der Waals surface area contributed by atoms with Gasteiger partial charge in [-0.15, -0.1) is 0 Å². The van der Waals surface area contributed by atoms with E-state index in [1.54, 1.807) is 18.5 Å². The molecule has 2 aromatic rings. The summed E-state index contributed by atoms with van der Waals surface area (Å²) in [5.74, 6) is 0. The van der Waals surface area contributed by atoms with Gasteiger partial charge in [-0.05, 0) is 25.8 Å². The predicted octanol–water partition coefficient (Wildman–Crippen LogP) is 2.15. The van der Waals surface area contributed by atoms with Gasteiger partial charge in [-0.25, -0.2) is 9.67 Å². The van der Waals surface area contributed by atoms with Crippen molar-refractivity contribution in [2.24, 2.45) is 0 Å². The zero-order valence-electron chi connectivity index (χ0n) is 20.7. The van der Waals surface area contributed by atoms with Gasteiger partial charge in [-0.1, -0.05) is 19.3 Å². The standard InChI is InChI=1S/C22H33N5O7S2/c1-4-27-21-18(14-24-27)20(25-16-8-6-5-7-9-16)17(13-23-21)19-12-22(34-26-19,15-33-36(3,30)31)10-11-32-35(2,28)29/h12-14,16,26H,4-11,15H2,1-3H3,(H,23,25). The Hall–Kier alpha value is -2.26. The molecule has 1 aliphatic carbocycles. The summed E-state index contributed by atoms with van der Waals surface area (Å²) >= 11 is 0. The molecule has 1 fully saturated rings. The van der Waals surface area contributed by atoms with Crippen LogP contribution >= 0.6 is 0 Å². The Labute approximate surface area is 211 Å². The van der Waals surface area contributed by atoms with Crippen molar-refractivity contribution in [3.63, 3.8) is 0 Å². The Bertz CT molecular complexity index is 1330. The zero-order valence-corrected chi connectivity index (χ0v) is 22.3. The van der Waals surface area contributed by atoms with E-state index in [0.29, 0.717) is 18.3 Å². The molecule has 2 aromatic heterocycles. The molecule has 0 radical (unpaired) electrons. The molecule has 0 bridgehead atoms. The Morgan fingerprint density at radius 2 is 1.86 bits per heavy atom. The fourth-order valence-electron chi connectivity index (χ4n) is 4.52. The average molecular weight is 544 g/mol. The lowest BCUT2D eigenvalue weighted by atomic mass is 9.94. The second-order valence-electron chi connectivity index (χ2n) is 9.29. The van der Waals surface area contributed by atoms with Crippen molar-refractivity contribution in [1.82, 2.24) is 20.2 Å². The summed E-state index contributed by atoms with van der Waals surface area (Å²) in [6.07, 6.45) is 12.8. The molecule has 36 heavy (non-hydrogen) atoms. The molecule has 0 spiro atoms. The lowest BCUT2D eigenvalue weighted by Gasteiger charge is -2.25. The maximum atomic E-state index is 11.7. The first-order valence-electron chi connectivity index (χ1n) is 12.0. The van der Waals surface area contributed by atoms with Crippen LogP contribution < -0.4 is 10.8 Å². The van der Waals surface area contributed by atoms with E-state index in [9.17, 15) is 16.8 Å². The van der Waals surface area contributed by atoms with Gasteiger partial charge in [-0.3, -0.25) is 18.7 Å². The van der Waals surface area contributed by atoms with Crippen molar-refractivity contribution >= 4 is 42.7 Å². The van der Waals surface area contributed by atoms with Gasteiger partial charge in [0, 0.05) is 30.8 Å². The molecule has 2 N–H and O–H groups in total.